The highest BCUT2D eigenvalue weighted by Crippen LogP contribution is 2.05. The summed E-state index contributed by atoms with van der Waals surface area (Å²) in [6, 6.07) is 0.303. The molecule has 0 unspecified atom stereocenters. The lowest BCUT2D eigenvalue weighted by Gasteiger charge is -2.13. The molecule has 3 N–H and O–H groups in total. The molecule has 1 heterocycles. The van der Waals surface area contributed by atoms with Crippen molar-refractivity contribution >= 4 is 17.8 Å². The third-order valence-electron chi connectivity index (χ3n) is 2.27. The topological polar surface area (TPSA) is 117 Å². The number of hydrogen-bond donors (Lipinski definition) is 3. The summed E-state index contributed by atoms with van der Waals surface area (Å²) in [4.78, 5) is 32.8. The summed E-state index contributed by atoms with van der Waals surface area (Å²) in [6.45, 7) is 0. The average Bonchev–Trinajstić information content (AvgIpc) is 2.80. The van der Waals surface area contributed by atoms with Gasteiger partial charge in [-0.15, -0.1) is 0 Å². The van der Waals surface area contributed by atoms with Gasteiger partial charge in [-0.05, 0) is 18.9 Å². The quantitative estimate of drug-likeness (QED) is 0.660. The lowest BCUT2D eigenvalue weighted by atomic mass is 10.1. The van der Waals surface area contributed by atoms with Crippen LogP contribution in [0, 0.1) is 0 Å². The predicted octanol–water partition coefficient (Wildman–Crippen LogP) is 0.718. The first-order valence-electron chi connectivity index (χ1n) is 5.28. The van der Waals surface area contributed by atoms with Crippen molar-refractivity contribution in [1.82, 2.24) is 5.32 Å². The van der Waals surface area contributed by atoms with Crippen molar-refractivity contribution in [3.8, 4) is 0 Å². The van der Waals surface area contributed by atoms with Crippen LogP contribution in [0.5, 0.6) is 0 Å². The van der Waals surface area contributed by atoms with Gasteiger partial charge in [0.2, 0.25) is 0 Å². The van der Waals surface area contributed by atoms with Gasteiger partial charge in [-0.25, -0.2) is 4.79 Å². The molecule has 0 spiro atoms. The zero-order valence-electron chi connectivity index (χ0n) is 9.46. The molecule has 1 aromatic rings. The Hall–Kier alpha value is -2.31. The van der Waals surface area contributed by atoms with Crippen molar-refractivity contribution in [2.45, 2.75) is 25.3 Å². The molecule has 18 heavy (non-hydrogen) atoms. The Labute approximate surface area is 102 Å². The van der Waals surface area contributed by atoms with Crippen molar-refractivity contribution in [3.63, 3.8) is 0 Å². The molecule has 0 fully saturated rings. The van der Waals surface area contributed by atoms with Gasteiger partial charge in [0.25, 0.3) is 5.91 Å². The molecule has 7 nitrogen and oxygen atoms in total. The Balaban J connectivity index is 2.50. The van der Waals surface area contributed by atoms with Crippen LogP contribution in [-0.4, -0.2) is 34.1 Å². The van der Waals surface area contributed by atoms with Gasteiger partial charge < -0.3 is 19.9 Å². The zero-order chi connectivity index (χ0) is 13.5. The van der Waals surface area contributed by atoms with E-state index in [0.717, 1.165) is 0 Å². The summed E-state index contributed by atoms with van der Waals surface area (Å²) in [7, 11) is 0. The number of hydrogen-bond acceptors (Lipinski definition) is 4. The maximum absolute atomic E-state index is 11.6. The fourth-order valence-electron chi connectivity index (χ4n) is 1.35. The van der Waals surface area contributed by atoms with Crippen molar-refractivity contribution in [1.29, 1.82) is 0 Å². The summed E-state index contributed by atoms with van der Waals surface area (Å²) >= 11 is 0. The van der Waals surface area contributed by atoms with E-state index in [-0.39, 0.29) is 24.8 Å². The average molecular weight is 255 g/mol. The molecule has 0 aliphatic carbocycles. The van der Waals surface area contributed by atoms with Gasteiger partial charge in [-0.2, -0.15) is 0 Å². The molecule has 0 saturated carbocycles. The Morgan fingerprint density at radius 1 is 1.33 bits per heavy atom. The van der Waals surface area contributed by atoms with Crippen LogP contribution >= 0.6 is 0 Å². The molecule has 0 radical (unpaired) electrons. The van der Waals surface area contributed by atoms with E-state index in [1.165, 1.54) is 18.6 Å². The molecule has 98 valence electrons. The molecule has 1 rings (SSSR count). The van der Waals surface area contributed by atoms with Crippen molar-refractivity contribution in [2.75, 3.05) is 0 Å². The molecule has 0 aromatic carbocycles. The van der Waals surface area contributed by atoms with Crippen LogP contribution < -0.4 is 5.32 Å². The first kappa shape index (κ1) is 13.8. The highest BCUT2D eigenvalue weighted by Gasteiger charge is 2.21. The maximum atomic E-state index is 11.6. The molecule has 0 saturated heterocycles. The van der Waals surface area contributed by atoms with Crippen molar-refractivity contribution in [3.05, 3.63) is 24.2 Å². The van der Waals surface area contributed by atoms with Crippen molar-refractivity contribution in [2.24, 2.45) is 0 Å². The van der Waals surface area contributed by atoms with Crippen LogP contribution in [0.3, 0.4) is 0 Å². The molecule has 0 aliphatic heterocycles. The number of amides is 1. The first-order valence-corrected chi connectivity index (χ1v) is 5.28. The minimum absolute atomic E-state index is 0.0607. The third kappa shape index (κ3) is 4.28. The summed E-state index contributed by atoms with van der Waals surface area (Å²) in [6.07, 6.45) is 2.61. The van der Waals surface area contributed by atoms with Gasteiger partial charge in [-0.3, -0.25) is 9.59 Å². The lowest BCUT2D eigenvalue weighted by molar-refractivity contribution is -0.140. The standard InChI is InChI=1S/C11H13NO6/c13-9(14)3-1-2-8(11(16)17)12-10(15)7-4-5-18-6-7/h4-6,8H,1-3H2,(H,12,15)(H,13,14)(H,16,17)/t8-/m1/s1. The van der Waals surface area contributed by atoms with Crippen LogP contribution in [0.25, 0.3) is 0 Å². The Kier molecular flexibility index (Phi) is 4.91. The second-order valence-corrected chi connectivity index (χ2v) is 3.66. The van der Waals surface area contributed by atoms with Crippen LogP contribution in [-0.2, 0) is 9.59 Å². The van der Waals surface area contributed by atoms with Gasteiger partial charge in [0.15, 0.2) is 0 Å². The number of carboxylic acids is 2. The third-order valence-corrected chi connectivity index (χ3v) is 2.27. The largest absolute Gasteiger partial charge is 0.481 e. The molecular formula is C11H13NO6. The number of furan rings is 1. The van der Waals surface area contributed by atoms with Gasteiger partial charge in [-0.1, -0.05) is 0 Å². The molecule has 0 aliphatic rings. The fourth-order valence-corrected chi connectivity index (χ4v) is 1.35. The van der Waals surface area contributed by atoms with Gasteiger partial charge in [0.1, 0.15) is 12.3 Å². The summed E-state index contributed by atoms with van der Waals surface area (Å²) in [5.74, 6) is -2.76. The number of nitrogens with one attached hydrogen (secondary N) is 1. The van der Waals surface area contributed by atoms with Crippen molar-refractivity contribution < 1.29 is 29.0 Å². The van der Waals surface area contributed by atoms with Gasteiger partial charge in [0, 0.05) is 6.42 Å². The van der Waals surface area contributed by atoms with Gasteiger partial charge >= 0.3 is 11.9 Å². The Bertz CT molecular complexity index is 425. The predicted molar refractivity (Wildman–Crippen MR) is 59.1 cm³/mol. The monoisotopic (exact) mass is 255 g/mol. The summed E-state index contributed by atoms with van der Waals surface area (Å²) in [5, 5.41) is 19.7. The number of aliphatic carboxylic acids is 2. The minimum Gasteiger partial charge on any atom is -0.481 e. The highest BCUT2D eigenvalue weighted by molar-refractivity contribution is 5.96. The normalized spacial score (nSPS) is 11.8. The summed E-state index contributed by atoms with van der Waals surface area (Å²) in [5.41, 5.74) is 0.222. The molecular weight excluding hydrogens is 242 g/mol. The van der Waals surface area contributed by atoms with Gasteiger partial charge in [0.05, 0.1) is 11.8 Å². The molecule has 1 aromatic heterocycles. The smallest absolute Gasteiger partial charge is 0.326 e. The van der Waals surface area contributed by atoms with Crippen LogP contribution in [0.4, 0.5) is 0 Å². The van der Waals surface area contributed by atoms with E-state index in [1.54, 1.807) is 0 Å². The Morgan fingerprint density at radius 3 is 2.56 bits per heavy atom. The Morgan fingerprint density at radius 2 is 2.06 bits per heavy atom. The molecule has 7 heteroatoms. The number of carbonyl (C=O) groups excluding carboxylic acids is 1. The molecule has 0 bridgehead atoms. The molecule has 1 atom stereocenters. The summed E-state index contributed by atoms with van der Waals surface area (Å²) < 4.78 is 4.70. The van der Waals surface area contributed by atoms with E-state index in [2.05, 4.69) is 5.32 Å². The highest BCUT2D eigenvalue weighted by atomic mass is 16.4. The second-order valence-electron chi connectivity index (χ2n) is 3.66. The van der Waals surface area contributed by atoms with E-state index in [4.69, 9.17) is 14.6 Å². The first-order chi connectivity index (χ1) is 8.50. The second kappa shape index (κ2) is 6.43. The minimum atomic E-state index is -1.20. The lowest BCUT2D eigenvalue weighted by Crippen LogP contribution is -2.40. The number of carboxylic acid groups (broad SMARTS) is 2. The van der Waals surface area contributed by atoms with E-state index >= 15 is 0 Å². The van der Waals surface area contributed by atoms with Crippen LogP contribution in [0.2, 0.25) is 0 Å². The number of rotatable bonds is 7. The number of carbonyl (C=O) groups is 3. The van der Waals surface area contributed by atoms with E-state index < -0.39 is 23.9 Å². The van der Waals surface area contributed by atoms with E-state index in [9.17, 15) is 14.4 Å². The van der Waals surface area contributed by atoms with Crippen LogP contribution in [0.1, 0.15) is 29.6 Å². The maximum Gasteiger partial charge on any atom is 0.326 e. The molecule has 1 amide bonds. The van der Waals surface area contributed by atoms with E-state index in [1.807, 2.05) is 0 Å². The van der Waals surface area contributed by atoms with E-state index in [0.29, 0.717) is 0 Å². The SMILES string of the molecule is O=C(O)CCC[C@@H](NC(=O)c1ccoc1)C(=O)O. The fraction of sp³-hybridized carbons (Fsp3) is 0.364. The van der Waals surface area contributed by atoms with Crippen LogP contribution in [0.15, 0.2) is 23.0 Å². The zero-order valence-corrected chi connectivity index (χ0v) is 9.46.